The van der Waals surface area contributed by atoms with Crippen LogP contribution in [-0.2, 0) is 4.79 Å². The van der Waals surface area contributed by atoms with Crippen LogP contribution < -0.4 is 16.2 Å². The van der Waals surface area contributed by atoms with E-state index in [4.69, 9.17) is 11.6 Å². The van der Waals surface area contributed by atoms with Crippen molar-refractivity contribution in [3.8, 4) is 0 Å². The molecule has 1 aliphatic carbocycles. The van der Waals surface area contributed by atoms with Crippen LogP contribution in [0.1, 0.15) is 25.7 Å². The van der Waals surface area contributed by atoms with E-state index in [9.17, 15) is 23.8 Å². The summed E-state index contributed by atoms with van der Waals surface area (Å²) in [6.45, 7) is -0.120. The average molecular weight is 488 g/mol. The van der Waals surface area contributed by atoms with Gasteiger partial charge >= 0.3 is 0 Å². The van der Waals surface area contributed by atoms with Gasteiger partial charge in [0.1, 0.15) is 41.9 Å². The molecule has 33 heavy (non-hydrogen) atoms. The van der Waals surface area contributed by atoms with Crippen molar-refractivity contribution >= 4 is 34.9 Å². The largest absolute Gasteiger partial charge is 0.390 e. The molecule has 0 aromatic heterocycles. The molecule has 5 aliphatic rings. The Bertz CT molecular complexity index is 877. The highest BCUT2D eigenvalue weighted by Gasteiger charge is 2.51. The number of hydrazine groups is 1. The number of aliphatic hydroxyl groups excluding tert-OH is 2. The summed E-state index contributed by atoms with van der Waals surface area (Å²) < 4.78 is 28.5. The van der Waals surface area contributed by atoms with Gasteiger partial charge in [-0.25, -0.2) is 19.2 Å². The second-order valence-corrected chi connectivity index (χ2v) is 9.79. The van der Waals surface area contributed by atoms with Crippen LogP contribution in [0.4, 0.5) is 8.78 Å². The number of likely N-dealkylation sites (tertiary alicyclic amines) is 1. The van der Waals surface area contributed by atoms with Gasteiger partial charge < -0.3 is 20.5 Å². The monoisotopic (exact) mass is 487 g/mol. The number of nitrogens with one attached hydrogen (secondary N) is 3. The maximum Gasteiger partial charge on any atom is 0.242 e. The highest BCUT2D eigenvalue weighted by molar-refractivity contribution is 6.66. The van der Waals surface area contributed by atoms with Gasteiger partial charge in [0.2, 0.25) is 5.91 Å². The number of rotatable bonds is 4. The Balaban J connectivity index is 1.35. The Morgan fingerprint density at radius 2 is 2.06 bits per heavy atom. The highest BCUT2D eigenvalue weighted by atomic mass is 35.5. The number of amidine groups is 1. The van der Waals surface area contributed by atoms with Crippen LogP contribution in [0.5, 0.6) is 0 Å². The average Bonchev–Trinajstić information content (AvgIpc) is 3.49. The molecule has 0 aromatic rings. The quantitative estimate of drug-likeness (QED) is 0.354. The lowest BCUT2D eigenvalue weighted by atomic mass is 9.89. The molecule has 0 spiro atoms. The maximum absolute atomic E-state index is 14.5. The first kappa shape index (κ1) is 23.0. The Hall–Kier alpha value is -1.73. The van der Waals surface area contributed by atoms with Gasteiger partial charge in [-0.1, -0.05) is 11.6 Å². The van der Waals surface area contributed by atoms with Gasteiger partial charge in [0.05, 0.1) is 31.2 Å². The van der Waals surface area contributed by atoms with Gasteiger partial charge in [-0.05, 0) is 19.3 Å². The molecule has 4 aliphatic heterocycles. The molecule has 5 unspecified atom stereocenters. The summed E-state index contributed by atoms with van der Waals surface area (Å²) in [5, 5.41) is 23.6. The molecule has 0 bridgehead atoms. The van der Waals surface area contributed by atoms with Gasteiger partial charge in [0, 0.05) is 24.4 Å². The van der Waals surface area contributed by atoms with Crippen molar-refractivity contribution in [3.05, 3.63) is 0 Å². The fourth-order valence-corrected chi connectivity index (χ4v) is 5.91. The number of hydrogen-bond donors (Lipinski definition) is 5. The number of carbonyl (C=O) groups excluding carboxylic acids is 1. The Morgan fingerprint density at radius 1 is 1.24 bits per heavy atom. The summed E-state index contributed by atoms with van der Waals surface area (Å²) in [5.41, 5.74) is 5.86. The molecule has 182 valence electrons. The smallest absolute Gasteiger partial charge is 0.242 e. The van der Waals surface area contributed by atoms with Gasteiger partial charge in [0.15, 0.2) is 0 Å². The Morgan fingerprint density at radius 3 is 2.82 bits per heavy atom. The molecule has 10 atom stereocenters. The Labute approximate surface area is 194 Å². The number of carbonyl (C=O) groups is 1. The summed E-state index contributed by atoms with van der Waals surface area (Å²) in [6, 6.07) is -1.78. The molecule has 5 rings (SSSR count). The van der Waals surface area contributed by atoms with Crippen LogP contribution in [-0.4, -0.2) is 100 Å². The van der Waals surface area contributed by atoms with Crippen LogP contribution in [0, 0.1) is 11.8 Å². The first-order valence-corrected chi connectivity index (χ1v) is 11.7. The summed E-state index contributed by atoms with van der Waals surface area (Å²) in [6.07, 6.45) is -2.16. The van der Waals surface area contributed by atoms with Gasteiger partial charge in [-0.3, -0.25) is 20.1 Å². The van der Waals surface area contributed by atoms with Gasteiger partial charge in [-0.2, -0.15) is 0 Å². The first-order chi connectivity index (χ1) is 15.8. The minimum absolute atomic E-state index is 0.0158. The van der Waals surface area contributed by atoms with Gasteiger partial charge in [-0.15, -0.1) is 0 Å². The molecule has 0 aromatic carbocycles. The fourth-order valence-electron chi connectivity index (χ4n) is 5.61. The van der Waals surface area contributed by atoms with E-state index in [0.29, 0.717) is 18.7 Å². The van der Waals surface area contributed by atoms with E-state index in [1.54, 1.807) is 0 Å². The highest BCUT2D eigenvalue weighted by Crippen LogP contribution is 2.35. The second kappa shape index (κ2) is 9.14. The minimum atomic E-state index is -1.24. The zero-order chi connectivity index (χ0) is 23.3. The zero-order valence-corrected chi connectivity index (χ0v) is 18.6. The first-order valence-electron chi connectivity index (χ1n) is 11.3. The summed E-state index contributed by atoms with van der Waals surface area (Å²) >= 11 is 6.26. The maximum atomic E-state index is 14.5. The molecular weight excluding hydrogens is 460 g/mol. The number of fused-ring (bicyclic) bond motifs is 1. The molecular formula is C20H28ClF2N7O3. The Kier molecular flexibility index (Phi) is 6.38. The number of amides is 1. The molecule has 0 radical (unpaired) electrons. The number of hydrogen-bond acceptors (Lipinski definition) is 9. The van der Waals surface area contributed by atoms with Crippen LogP contribution in [0.15, 0.2) is 15.0 Å². The molecule has 13 heteroatoms. The van der Waals surface area contributed by atoms with Crippen LogP contribution in [0.2, 0.25) is 0 Å². The van der Waals surface area contributed by atoms with Crippen molar-refractivity contribution in [1.82, 2.24) is 21.1 Å². The third kappa shape index (κ3) is 4.27. The lowest BCUT2D eigenvalue weighted by molar-refractivity contribution is -0.135. The van der Waals surface area contributed by atoms with E-state index >= 15 is 0 Å². The van der Waals surface area contributed by atoms with Crippen molar-refractivity contribution in [3.63, 3.8) is 0 Å². The van der Waals surface area contributed by atoms with Crippen LogP contribution >= 0.6 is 11.6 Å². The van der Waals surface area contributed by atoms with E-state index in [2.05, 4.69) is 31.1 Å². The number of halogens is 3. The zero-order valence-electron chi connectivity index (χ0n) is 17.8. The molecule has 3 fully saturated rings. The molecule has 1 amide bonds. The van der Waals surface area contributed by atoms with Crippen molar-refractivity contribution < 1.29 is 23.8 Å². The van der Waals surface area contributed by atoms with Crippen molar-refractivity contribution in [2.24, 2.45) is 26.8 Å². The molecule has 1 saturated carbocycles. The third-order valence-corrected chi connectivity index (χ3v) is 7.72. The number of aliphatic imine (C=N–C) groups is 3. The number of aliphatic hydroxyl groups is 2. The van der Waals surface area contributed by atoms with E-state index in [-0.39, 0.29) is 43.1 Å². The predicted octanol–water partition coefficient (Wildman–Crippen LogP) is -0.746. The standard InChI is InChI=1S/C20H28ClF2N7O3/c21-17-10(3-8(22)5-24-17)12-4-9(23)6-30(12)20(33)15-14-18(25-7-26-19(14)29-28-15)27-11-1-2-13(31)16(11)32/h7-16,18,27-28,31-32H,1-6H2,(H,25,26,29)/t8?,9-,10?,11+,12+,13+,14?,15?,16-,18?/m0/s1. The lowest BCUT2D eigenvalue weighted by Crippen LogP contribution is -2.57. The summed E-state index contributed by atoms with van der Waals surface area (Å²) in [4.78, 5) is 27.7. The second-order valence-electron chi connectivity index (χ2n) is 9.40. The number of alkyl halides is 2. The third-order valence-electron chi connectivity index (χ3n) is 7.32. The molecule has 4 heterocycles. The molecule has 2 saturated heterocycles. The van der Waals surface area contributed by atoms with E-state index < -0.39 is 54.6 Å². The van der Waals surface area contributed by atoms with Crippen molar-refractivity contribution in [2.45, 2.75) is 74.5 Å². The van der Waals surface area contributed by atoms with Crippen molar-refractivity contribution in [2.75, 3.05) is 13.1 Å². The van der Waals surface area contributed by atoms with E-state index in [1.165, 1.54) is 11.2 Å². The summed E-state index contributed by atoms with van der Waals surface area (Å²) in [7, 11) is 0. The normalized spacial score (nSPS) is 44.9. The topological polar surface area (TPSA) is 134 Å². The molecule has 5 N–H and O–H groups in total. The van der Waals surface area contributed by atoms with Crippen LogP contribution in [0.25, 0.3) is 0 Å². The SMILES string of the molecule is O=C(C1NNC2=NC=NC(N[C@@H]3CC[C@@H](O)[C@H]3O)C21)N1C[C@@H](F)C[C@@H]1C1CC(F)CN=C1Cl. The van der Waals surface area contributed by atoms with Gasteiger partial charge in [0.25, 0.3) is 0 Å². The van der Waals surface area contributed by atoms with Crippen LogP contribution in [0.3, 0.4) is 0 Å². The lowest BCUT2D eigenvalue weighted by Gasteiger charge is -2.36. The van der Waals surface area contributed by atoms with E-state index in [0.717, 1.165) is 0 Å². The van der Waals surface area contributed by atoms with Crippen molar-refractivity contribution in [1.29, 1.82) is 0 Å². The minimum Gasteiger partial charge on any atom is -0.390 e. The van der Waals surface area contributed by atoms with E-state index in [1.807, 2.05) is 0 Å². The fraction of sp³-hybridized carbons (Fsp3) is 0.800. The summed E-state index contributed by atoms with van der Waals surface area (Å²) in [5.74, 6) is -0.932. The number of nitrogens with zero attached hydrogens (tertiary/aromatic N) is 4. The predicted molar refractivity (Wildman–Crippen MR) is 118 cm³/mol. The molecule has 10 nitrogen and oxygen atoms in total.